The number of thiol groups is 1. The van der Waals surface area contributed by atoms with Crippen LogP contribution in [0.5, 0.6) is 0 Å². The molecule has 0 aromatic rings. The quantitative estimate of drug-likeness (QED) is 0.518. The number of hydrogen-bond donors (Lipinski definition) is 1. The van der Waals surface area contributed by atoms with Gasteiger partial charge in [0.15, 0.2) is 0 Å². The Bertz CT molecular complexity index is 425. The lowest BCUT2D eigenvalue weighted by molar-refractivity contribution is 0.113. The van der Waals surface area contributed by atoms with E-state index in [4.69, 9.17) is 8.06 Å². The second-order valence-electron chi connectivity index (χ2n) is 5.53. The Morgan fingerprint density at radius 2 is 1.61 bits per heavy atom. The van der Waals surface area contributed by atoms with E-state index in [1.165, 1.54) is 0 Å². The minimum atomic E-state index is -4.06. The smallest absolute Gasteiger partial charge is 0.294 e. The SMILES string of the molecule is CC(C)(CO[SH](=O)=O)COS(=O)(=O)O[Si](C)(C)C. The van der Waals surface area contributed by atoms with E-state index in [1.54, 1.807) is 33.5 Å². The van der Waals surface area contributed by atoms with Crippen molar-refractivity contribution in [2.75, 3.05) is 13.2 Å². The van der Waals surface area contributed by atoms with Crippen molar-refractivity contribution in [3.05, 3.63) is 0 Å². The maximum absolute atomic E-state index is 11.5. The summed E-state index contributed by atoms with van der Waals surface area (Å²) < 4.78 is 57.5. The van der Waals surface area contributed by atoms with Gasteiger partial charge >= 0.3 is 10.4 Å². The summed E-state index contributed by atoms with van der Waals surface area (Å²) in [6.07, 6.45) is 0. The van der Waals surface area contributed by atoms with Gasteiger partial charge in [-0.1, -0.05) is 13.8 Å². The van der Waals surface area contributed by atoms with Crippen molar-refractivity contribution in [3.8, 4) is 0 Å². The summed E-state index contributed by atoms with van der Waals surface area (Å²) in [5.74, 6) is 0. The predicted octanol–water partition coefficient (Wildman–Crippen LogP) is 0.669. The lowest BCUT2D eigenvalue weighted by Crippen LogP contribution is -2.33. The third kappa shape index (κ3) is 9.97. The van der Waals surface area contributed by atoms with Crippen LogP contribution in [-0.4, -0.2) is 38.4 Å². The summed E-state index contributed by atoms with van der Waals surface area (Å²) in [6, 6.07) is 0. The fourth-order valence-corrected chi connectivity index (χ4v) is 4.39. The molecular formula is C8H20O7S2Si. The van der Waals surface area contributed by atoms with Gasteiger partial charge in [0.1, 0.15) is 0 Å². The van der Waals surface area contributed by atoms with Crippen LogP contribution >= 0.6 is 0 Å². The molecule has 0 aliphatic carbocycles. The van der Waals surface area contributed by atoms with Gasteiger partial charge in [0, 0.05) is 5.41 Å². The van der Waals surface area contributed by atoms with Gasteiger partial charge in [-0.25, -0.2) is 12.6 Å². The standard InChI is InChI=1S/C8H20O7S2Si/c1-8(2,6-13-16(9)10)7-14-17(11,12)15-18(3,4)5/h16H,6-7H2,1-5H3. The second-order valence-corrected chi connectivity index (χ2v) is 12.2. The molecule has 7 nitrogen and oxygen atoms in total. The Balaban J connectivity index is 4.38. The summed E-state index contributed by atoms with van der Waals surface area (Å²) in [6.45, 7) is 8.00. The number of rotatable bonds is 8. The molecule has 0 amide bonds. The molecule has 0 aromatic heterocycles. The molecular weight excluding hydrogens is 300 g/mol. The molecule has 0 saturated carbocycles. The van der Waals surface area contributed by atoms with Crippen LogP contribution in [0, 0.1) is 5.41 Å². The molecule has 0 bridgehead atoms. The summed E-state index contributed by atoms with van der Waals surface area (Å²) in [5.41, 5.74) is -0.759. The van der Waals surface area contributed by atoms with Crippen LogP contribution in [0.25, 0.3) is 0 Å². The van der Waals surface area contributed by atoms with Crippen molar-refractivity contribution < 1.29 is 29.1 Å². The first kappa shape index (κ1) is 18.0. The highest BCUT2D eigenvalue weighted by atomic mass is 32.3. The molecule has 0 saturated heterocycles. The second kappa shape index (κ2) is 6.44. The van der Waals surface area contributed by atoms with Crippen LogP contribution in [-0.2, 0) is 33.6 Å². The zero-order valence-corrected chi connectivity index (χ0v) is 13.8. The molecule has 10 heteroatoms. The van der Waals surface area contributed by atoms with E-state index in [-0.39, 0.29) is 13.2 Å². The third-order valence-corrected chi connectivity index (χ3v) is 5.07. The first-order chi connectivity index (χ1) is 7.83. The van der Waals surface area contributed by atoms with Gasteiger partial charge in [-0.15, -0.1) is 0 Å². The van der Waals surface area contributed by atoms with E-state index in [2.05, 4.69) is 4.18 Å². The fourth-order valence-electron chi connectivity index (χ4n) is 0.831. The molecule has 0 spiro atoms. The highest BCUT2D eigenvalue weighted by Crippen LogP contribution is 2.19. The predicted molar refractivity (Wildman–Crippen MR) is 69.4 cm³/mol. The number of hydrogen-bond acceptors (Lipinski definition) is 7. The molecule has 0 aromatic carbocycles. The normalized spacial score (nSPS) is 14.1. The lowest BCUT2D eigenvalue weighted by Gasteiger charge is -2.23. The van der Waals surface area contributed by atoms with E-state index in [1.807, 2.05) is 0 Å². The van der Waals surface area contributed by atoms with Gasteiger partial charge in [0.2, 0.25) is 8.32 Å². The largest absolute Gasteiger partial charge is 0.390 e. The molecule has 0 atom stereocenters. The molecule has 0 fully saturated rings. The van der Waals surface area contributed by atoms with E-state index in [9.17, 15) is 16.8 Å². The third-order valence-electron chi connectivity index (χ3n) is 1.51. The Hall–Kier alpha value is -0.00312. The molecule has 110 valence electrons. The van der Waals surface area contributed by atoms with E-state index in [0.717, 1.165) is 0 Å². The molecule has 0 N–H and O–H groups in total. The van der Waals surface area contributed by atoms with E-state index < -0.39 is 35.1 Å². The van der Waals surface area contributed by atoms with Crippen LogP contribution < -0.4 is 0 Å². The van der Waals surface area contributed by atoms with Crippen molar-refractivity contribution in [1.29, 1.82) is 0 Å². The molecule has 0 radical (unpaired) electrons. The van der Waals surface area contributed by atoms with Crippen LogP contribution in [0.4, 0.5) is 0 Å². The summed E-state index contributed by atoms with van der Waals surface area (Å²) in [4.78, 5) is 0. The molecule has 0 unspecified atom stereocenters. The monoisotopic (exact) mass is 320 g/mol. The summed E-state index contributed by atoms with van der Waals surface area (Å²) >= 11 is 0. The molecule has 18 heavy (non-hydrogen) atoms. The Morgan fingerprint density at radius 3 is 2.00 bits per heavy atom. The first-order valence-corrected chi connectivity index (χ1v) is 11.0. The zero-order valence-electron chi connectivity index (χ0n) is 11.1. The first-order valence-electron chi connectivity index (χ1n) is 5.20. The van der Waals surface area contributed by atoms with Crippen molar-refractivity contribution in [2.24, 2.45) is 5.41 Å². The Labute approximate surface area is 111 Å². The van der Waals surface area contributed by atoms with Crippen molar-refractivity contribution in [3.63, 3.8) is 0 Å². The van der Waals surface area contributed by atoms with Gasteiger partial charge in [-0.2, -0.15) is 8.42 Å². The topological polar surface area (TPSA) is 96.0 Å². The van der Waals surface area contributed by atoms with E-state index in [0.29, 0.717) is 0 Å². The molecule has 0 rings (SSSR count). The average molecular weight is 320 g/mol. The van der Waals surface area contributed by atoms with Gasteiger partial charge in [-0.3, -0.25) is 8.06 Å². The summed E-state index contributed by atoms with van der Waals surface area (Å²) in [7, 11) is -9.28. The van der Waals surface area contributed by atoms with Gasteiger partial charge in [0.05, 0.1) is 13.2 Å². The minimum absolute atomic E-state index is 0.159. The van der Waals surface area contributed by atoms with Crippen molar-refractivity contribution in [2.45, 2.75) is 33.5 Å². The minimum Gasteiger partial charge on any atom is -0.294 e. The van der Waals surface area contributed by atoms with Crippen LogP contribution in [0.3, 0.4) is 0 Å². The summed E-state index contributed by atoms with van der Waals surface area (Å²) in [5, 5.41) is 0. The van der Waals surface area contributed by atoms with Gasteiger partial charge in [0.25, 0.3) is 11.0 Å². The maximum atomic E-state index is 11.5. The average Bonchev–Trinajstić information content (AvgIpc) is 2.09. The molecule has 0 heterocycles. The van der Waals surface area contributed by atoms with Crippen LogP contribution in [0.2, 0.25) is 19.6 Å². The van der Waals surface area contributed by atoms with E-state index >= 15 is 0 Å². The molecule has 0 aliphatic rings. The highest BCUT2D eigenvalue weighted by Gasteiger charge is 2.28. The van der Waals surface area contributed by atoms with Gasteiger partial charge in [-0.05, 0) is 19.6 Å². The lowest BCUT2D eigenvalue weighted by atomic mass is 9.97. The van der Waals surface area contributed by atoms with Gasteiger partial charge < -0.3 is 0 Å². The Kier molecular flexibility index (Phi) is 6.43. The van der Waals surface area contributed by atoms with Crippen LogP contribution in [0.1, 0.15) is 13.8 Å². The maximum Gasteiger partial charge on any atom is 0.390 e. The zero-order chi connectivity index (χ0) is 14.6. The Morgan fingerprint density at radius 1 is 1.11 bits per heavy atom. The van der Waals surface area contributed by atoms with Crippen molar-refractivity contribution in [1.82, 2.24) is 0 Å². The fraction of sp³-hybridized carbons (Fsp3) is 1.00. The highest BCUT2D eigenvalue weighted by molar-refractivity contribution is 7.83. The van der Waals surface area contributed by atoms with Crippen molar-refractivity contribution >= 4 is 29.7 Å². The van der Waals surface area contributed by atoms with Crippen LogP contribution in [0.15, 0.2) is 0 Å². The molecule has 0 aliphatic heterocycles.